The number of Topliss-reactive ketones (excluding diaryl/α,β-unsaturated/α-hetero) is 1. The van der Waals surface area contributed by atoms with E-state index in [0.29, 0.717) is 11.3 Å². The second-order valence-electron chi connectivity index (χ2n) is 5.55. The van der Waals surface area contributed by atoms with Crippen molar-refractivity contribution in [1.82, 2.24) is 9.97 Å². The highest BCUT2D eigenvalue weighted by molar-refractivity contribution is 8.00. The molecule has 3 N–H and O–H groups in total. The van der Waals surface area contributed by atoms with E-state index in [1.54, 1.807) is 38.1 Å². The Balaban J connectivity index is 2.00. The number of ether oxygens (including phenoxy) is 1. The fourth-order valence-corrected chi connectivity index (χ4v) is 2.79. The van der Waals surface area contributed by atoms with Gasteiger partial charge in [-0.15, -0.1) is 0 Å². The molecule has 0 saturated heterocycles. The number of rotatable bonds is 7. The van der Waals surface area contributed by atoms with Crippen LogP contribution in [0.5, 0.6) is 0 Å². The zero-order chi connectivity index (χ0) is 20.0. The second-order valence-corrected chi connectivity index (χ2v) is 6.86. The van der Waals surface area contributed by atoms with Gasteiger partial charge in [-0.2, -0.15) is 0 Å². The van der Waals surface area contributed by atoms with Gasteiger partial charge in [-0.3, -0.25) is 9.59 Å². The lowest BCUT2D eigenvalue weighted by Gasteiger charge is -2.12. The number of aromatic nitrogens is 2. The molecule has 1 aromatic carbocycles. The molecule has 1 heterocycles. The largest absolute Gasteiger partial charge is 0.462 e. The number of hydrogen-bond acceptors (Lipinski definition) is 8. The van der Waals surface area contributed by atoms with Gasteiger partial charge in [-0.1, -0.05) is 11.8 Å². The van der Waals surface area contributed by atoms with Gasteiger partial charge in [-0.25, -0.2) is 14.8 Å². The van der Waals surface area contributed by atoms with Gasteiger partial charge in [0.1, 0.15) is 11.4 Å². The van der Waals surface area contributed by atoms with Crippen LogP contribution in [0.4, 0.5) is 11.5 Å². The fraction of sp³-hybridized carbons (Fsp3) is 0.278. The van der Waals surface area contributed by atoms with Crippen molar-refractivity contribution >= 4 is 40.9 Å². The number of esters is 1. The number of benzene rings is 1. The molecule has 8 nitrogen and oxygen atoms in total. The lowest BCUT2D eigenvalue weighted by atomic mass is 10.1. The van der Waals surface area contributed by atoms with Crippen LogP contribution < -0.4 is 11.1 Å². The molecule has 0 aliphatic heterocycles. The number of anilines is 2. The van der Waals surface area contributed by atoms with Crippen molar-refractivity contribution < 1.29 is 19.1 Å². The minimum Gasteiger partial charge on any atom is -0.462 e. The minimum atomic E-state index is -0.591. The lowest BCUT2D eigenvalue weighted by Crippen LogP contribution is -2.22. The molecule has 0 aliphatic rings. The maximum absolute atomic E-state index is 12.3. The monoisotopic (exact) mass is 388 g/mol. The van der Waals surface area contributed by atoms with Gasteiger partial charge in [0.15, 0.2) is 10.9 Å². The van der Waals surface area contributed by atoms with Gasteiger partial charge in [-0.05, 0) is 45.0 Å². The summed E-state index contributed by atoms with van der Waals surface area (Å²) < 4.78 is 4.87. The van der Waals surface area contributed by atoms with Crippen LogP contribution in [0.1, 0.15) is 41.5 Å². The molecule has 0 saturated carbocycles. The molecule has 0 aliphatic carbocycles. The van der Waals surface area contributed by atoms with Gasteiger partial charge in [0.05, 0.1) is 11.9 Å². The molecule has 0 bridgehead atoms. The molecule has 0 radical (unpaired) electrons. The van der Waals surface area contributed by atoms with Crippen molar-refractivity contribution in [3.05, 3.63) is 41.6 Å². The number of nitrogens with zero attached hydrogens (tertiary/aromatic N) is 2. The Kier molecular flexibility index (Phi) is 6.89. The Morgan fingerprint density at radius 1 is 1.26 bits per heavy atom. The van der Waals surface area contributed by atoms with Gasteiger partial charge in [0, 0.05) is 17.4 Å². The summed E-state index contributed by atoms with van der Waals surface area (Å²) in [5.74, 6) is -0.894. The highest BCUT2D eigenvalue weighted by atomic mass is 32.2. The van der Waals surface area contributed by atoms with Crippen LogP contribution in [0.2, 0.25) is 0 Å². The lowest BCUT2D eigenvalue weighted by molar-refractivity contribution is -0.115. The maximum Gasteiger partial charge on any atom is 0.343 e. The van der Waals surface area contributed by atoms with E-state index in [2.05, 4.69) is 15.3 Å². The van der Waals surface area contributed by atoms with E-state index in [1.165, 1.54) is 13.1 Å². The summed E-state index contributed by atoms with van der Waals surface area (Å²) >= 11 is 1.11. The molecule has 0 fully saturated rings. The van der Waals surface area contributed by atoms with E-state index in [4.69, 9.17) is 10.5 Å². The number of thioether (sulfide) groups is 1. The van der Waals surface area contributed by atoms with Gasteiger partial charge in [0.25, 0.3) is 0 Å². The topological polar surface area (TPSA) is 124 Å². The smallest absolute Gasteiger partial charge is 0.343 e. The Bertz CT molecular complexity index is 855. The number of amides is 1. The Morgan fingerprint density at radius 3 is 2.48 bits per heavy atom. The van der Waals surface area contributed by atoms with E-state index in [-0.39, 0.29) is 34.8 Å². The number of carbonyl (C=O) groups excluding carboxylic acids is 3. The molecule has 27 heavy (non-hydrogen) atoms. The van der Waals surface area contributed by atoms with Crippen molar-refractivity contribution in [1.29, 1.82) is 0 Å². The molecule has 142 valence electrons. The second kappa shape index (κ2) is 9.13. The highest BCUT2D eigenvalue weighted by Gasteiger charge is 2.19. The summed E-state index contributed by atoms with van der Waals surface area (Å²) in [7, 11) is 0. The molecule has 1 atom stereocenters. The van der Waals surface area contributed by atoms with E-state index < -0.39 is 11.2 Å². The summed E-state index contributed by atoms with van der Waals surface area (Å²) in [5, 5.41) is 2.52. The summed E-state index contributed by atoms with van der Waals surface area (Å²) in [6, 6.07) is 6.62. The average Bonchev–Trinajstić information content (AvgIpc) is 2.62. The summed E-state index contributed by atoms with van der Waals surface area (Å²) in [6.45, 7) is 5.08. The zero-order valence-corrected chi connectivity index (χ0v) is 16.0. The zero-order valence-electron chi connectivity index (χ0n) is 15.2. The van der Waals surface area contributed by atoms with Crippen molar-refractivity contribution in [2.24, 2.45) is 0 Å². The van der Waals surface area contributed by atoms with Gasteiger partial charge in [0.2, 0.25) is 5.91 Å². The van der Waals surface area contributed by atoms with Crippen LogP contribution in [-0.2, 0) is 9.53 Å². The number of nitrogens with two attached hydrogens (primary N) is 1. The van der Waals surface area contributed by atoms with Gasteiger partial charge < -0.3 is 15.8 Å². The van der Waals surface area contributed by atoms with Crippen LogP contribution in [0.15, 0.2) is 35.6 Å². The number of carbonyl (C=O) groups is 3. The Labute approximate surface area is 160 Å². The van der Waals surface area contributed by atoms with Crippen LogP contribution in [0, 0.1) is 0 Å². The molecule has 2 rings (SSSR count). The first-order chi connectivity index (χ1) is 12.8. The van der Waals surface area contributed by atoms with Crippen molar-refractivity contribution in [3.8, 4) is 0 Å². The number of ketones is 1. The number of nitrogen functional groups attached to an aromatic ring is 1. The predicted octanol–water partition coefficient (Wildman–Crippen LogP) is 2.56. The third-order valence-electron chi connectivity index (χ3n) is 3.50. The SMILES string of the molecule is CCOC(=O)c1cnc(S[C@@H](C)C(=O)Nc2ccc(C(C)=O)cc2)nc1N. The Morgan fingerprint density at radius 2 is 1.93 bits per heavy atom. The van der Waals surface area contributed by atoms with Gasteiger partial charge >= 0.3 is 5.97 Å². The first-order valence-corrected chi connectivity index (χ1v) is 9.08. The predicted molar refractivity (Wildman–Crippen MR) is 103 cm³/mol. The average molecular weight is 388 g/mol. The highest BCUT2D eigenvalue weighted by Crippen LogP contribution is 2.23. The fourth-order valence-electron chi connectivity index (χ4n) is 2.04. The van der Waals surface area contributed by atoms with E-state index in [9.17, 15) is 14.4 Å². The first-order valence-electron chi connectivity index (χ1n) is 8.20. The minimum absolute atomic E-state index is 0.00150. The van der Waals surface area contributed by atoms with Crippen LogP contribution >= 0.6 is 11.8 Å². The van der Waals surface area contributed by atoms with Crippen LogP contribution in [0.25, 0.3) is 0 Å². The molecule has 0 spiro atoms. The van der Waals surface area contributed by atoms with Crippen LogP contribution in [-0.4, -0.2) is 39.5 Å². The number of nitrogens with one attached hydrogen (secondary N) is 1. The van der Waals surface area contributed by atoms with Crippen molar-refractivity contribution in [2.45, 2.75) is 31.2 Å². The quantitative estimate of drug-likeness (QED) is 0.321. The van der Waals surface area contributed by atoms with Crippen molar-refractivity contribution in [2.75, 3.05) is 17.7 Å². The normalized spacial score (nSPS) is 11.5. The Hall–Kier alpha value is -2.94. The molecule has 1 amide bonds. The number of hydrogen-bond donors (Lipinski definition) is 2. The third kappa shape index (κ3) is 5.52. The van der Waals surface area contributed by atoms with E-state index in [1.807, 2.05) is 0 Å². The molecule has 1 aromatic heterocycles. The van der Waals surface area contributed by atoms with Crippen molar-refractivity contribution in [3.63, 3.8) is 0 Å². The summed E-state index contributed by atoms with van der Waals surface area (Å²) in [6.07, 6.45) is 1.29. The summed E-state index contributed by atoms with van der Waals surface area (Å²) in [4.78, 5) is 43.4. The standard InChI is InChI=1S/C18H20N4O4S/c1-4-26-17(25)14-9-20-18(22-15(14)19)27-11(3)16(24)21-13-7-5-12(6-8-13)10(2)23/h5-9,11H,4H2,1-3H3,(H,21,24)(H2,19,20,22)/t11-/m0/s1. The third-order valence-corrected chi connectivity index (χ3v) is 4.48. The molecule has 9 heteroatoms. The maximum atomic E-state index is 12.3. The molecule has 2 aromatic rings. The summed E-state index contributed by atoms with van der Waals surface area (Å²) in [5.41, 5.74) is 7.01. The van der Waals surface area contributed by atoms with E-state index >= 15 is 0 Å². The van der Waals surface area contributed by atoms with Crippen LogP contribution in [0.3, 0.4) is 0 Å². The molecular weight excluding hydrogens is 368 g/mol. The molecular formula is C18H20N4O4S. The van der Waals surface area contributed by atoms with E-state index in [0.717, 1.165) is 11.8 Å². The molecule has 0 unspecified atom stereocenters. The first kappa shape index (κ1) is 20.4.